The normalized spacial score (nSPS) is 12.7. The van der Waals surface area contributed by atoms with Crippen molar-refractivity contribution in [3.05, 3.63) is 20.8 Å². The number of nitrogens with one attached hydrogen (secondary N) is 1. The van der Waals surface area contributed by atoms with Gasteiger partial charge in [-0.3, -0.25) is 4.79 Å². The van der Waals surface area contributed by atoms with E-state index in [0.717, 1.165) is 15.8 Å². The number of Topliss-reactive ketones (excluding diaryl/α,β-unsaturated/α-hetero) is 1. The fraction of sp³-hybridized carbons (Fsp3) is 0.545. The van der Waals surface area contributed by atoms with E-state index >= 15 is 0 Å². The van der Waals surface area contributed by atoms with E-state index < -0.39 is 0 Å². The molecular weight excluding hydrogens is 274 g/mol. The number of hydrogen-bond acceptors (Lipinski definition) is 3. The molecule has 0 amide bonds. The van der Waals surface area contributed by atoms with Gasteiger partial charge in [0.05, 0.1) is 6.54 Å². The minimum absolute atomic E-state index is 0.249. The number of rotatable bonds is 6. The van der Waals surface area contributed by atoms with Gasteiger partial charge < -0.3 is 5.32 Å². The van der Waals surface area contributed by atoms with E-state index in [1.165, 1.54) is 0 Å². The van der Waals surface area contributed by atoms with Gasteiger partial charge in [-0.15, -0.1) is 11.3 Å². The van der Waals surface area contributed by atoms with Crippen LogP contribution in [0.1, 0.15) is 25.1 Å². The highest BCUT2D eigenvalue weighted by molar-refractivity contribution is 9.10. The Balaban J connectivity index is 2.34. The molecule has 1 unspecified atom stereocenters. The summed E-state index contributed by atoms with van der Waals surface area (Å²) in [7, 11) is 0. The monoisotopic (exact) mass is 289 g/mol. The highest BCUT2D eigenvalue weighted by Gasteiger charge is 2.08. The first-order valence-electron chi connectivity index (χ1n) is 5.10. The summed E-state index contributed by atoms with van der Waals surface area (Å²) in [5, 5.41) is 5.20. The first-order valence-corrected chi connectivity index (χ1v) is 6.77. The summed E-state index contributed by atoms with van der Waals surface area (Å²) in [4.78, 5) is 12.7. The molecule has 84 valence electrons. The zero-order valence-corrected chi connectivity index (χ0v) is 11.5. The molecule has 1 heterocycles. The molecule has 1 rings (SSSR count). The Morgan fingerprint density at radius 2 is 2.40 bits per heavy atom. The molecule has 0 saturated heterocycles. The van der Waals surface area contributed by atoms with Gasteiger partial charge in [-0.05, 0) is 40.7 Å². The molecule has 15 heavy (non-hydrogen) atoms. The van der Waals surface area contributed by atoms with E-state index in [-0.39, 0.29) is 5.78 Å². The number of hydrogen-bond donors (Lipinski definition) is 1. The van der Waals surface area contributed by atoms with Crippen LogP contribution in [-0.2, 0) is 11.2 Å². The van der Waals surface area contributed by atoms with E-state index in [0.29, 0.717) is 19.0 Å². The standard InChI is InChI=1S/C11H16BrNOS/c1-3-8(2)13-7-9(14)6-11-10(12)4-5-15-11/h4-5,8,13H,3,6-7H2,1-2H3. The Kier molecular flexibility index (Phi) is 5.50. The van der Waals surface area contributed by atoms with E-state index in [2.05, 4.69) is 35.1 Å². The van der Waals surface area contributed by atoms with Crippen LogP contribution in [0.25, 0.3) is 0 Å². The van der Waals surface area contributed by atoms with Crippen molar-refractivity contribution in [1.82, 2.24) is 5.32 Å². The predicted octanol–water partition coefficient (Wildman–Crippen LogP) is 3.01. The molecule has 0 aliphatic heterocycles. The quantitative estimate of drug-likeness (QED) is 0.872. The van der Waals surface area contributed by atoms with Crippen molar-refractivity contribution in [3.63, 3.8) is 0 Å². The fourth-order valence-electron chi connectivity index (χ4n) is 1.13. The van der Waals surface area contributed by atoms with E-state index in [9.17, 15) is 4.79 Å². The second kappa shape index (κ2) is 6.40. The van der Waals surface area contributed by atoms with Crippen molar-refractivity contribution in [1.29, 1.82) is 0 Å². The van der Waals surface area contributed by atoms with Crippen molar-refractivity contribution in [3.8, 4) is 0 Å². The summed E-state index contributed by atoms with van der Waals surface area (Å²) in [5.41, 5.74) is 0. The largest absolute Gasteiger partial charge is 0.307 e. The molecule has 0 aromatic carbocycles. The smallest absolute Gasteiger partial charge is 0.151 e. The number of carbonyl (C=O) groups is 1. The zero-order chi connectivity index (χ0) is 11.3. The minimum Gasteiger partial charge on any atom is -0.307 e. The summed E-state index contributed by atoms with van der Waals surface area (Å²) in [6, 6.07) is 2.40. The molecule has 0 radical (unpaired) electrons. The van der Waals surface area contributed by atoms with Crippen LogP contribution in [0.2, 0.25) is 0 Å². The Bertz CT molecular complexity index is 324. The summed E-state index contributed by atoms with van der Waals surface area (Å²) in [6.45, 7) is 4.67. The van der Waals surface area contributed by atoms with Crippen molar-refractivity contribution in [2.24, 2.45) is 0 Å². The lowest BCUT2D eigenvalue weighted by Gasteiger charge is -2.09. The van der Waals surface area contributed by atoms with Gasteiger partial charge in [0.25, 0.3) is 0 Å². The third-order valence-corrected chi connectivity index (χ3v) is 4.24. The third-order valence-electron chi connectivity index (χ3n) is 2.31. The Hall–Kier alpha value is -0.190. The van der Waals surface area contributed by atoms with Gasteiger partial charge in [0.15, 0.2) is 5.78 Å². The molecule has 2 nitrogen and oxygen atoms in total. The van der Waals surface area contributed by atoms with Crippen LogP contribution in [0.3, 0.4) is 0 Å². The fourth-order valence-corrected chi connectivity index (χ4v) is 2.65. The first-order chi connectivity index (χ1) is 7.13. The second-order valence-electron chi connectivity index (χ2n) is 3.60. The molecule has 0 aliphatic carbocycles. The van der Waals surface area contributed by atoms with Crippen molar-refractivity contribution >= 4 is 33.0 Å². The lowest BCUT2D eigenvalue weighted by atomic mass is 10.2. The van der Waals surface area contributed by atoms with Gasteiger partial charge in [-0.1, -0.05) is 6.92 Å². The number of halogens is 1. The van der Waals surface area contributed by atoms with Crippen LogP contribution in [0.15, 0.2) is 15.9 Å². The maximum absolute atomic E-state index is 11.6. The van der Waals surface area contributed by atoms with Crippen LogP contribution in [0.5, 0.6) is 0 Å². The Morgan fingerprint density at radius 1 is 1.67 bits per heavy atom. The van der Waals surface area contributed by atoms with Crippen molar-refractivity contribution < 1.29 is 4.79 Å². The van der Waals surface area contributed by atoms with Gasteiger partial charge in [0, 0.05) is 21.8 Å². The second-order valence-corrected chi connectivity index (χ2v) is 5.45. The molecule has 0 bridgehead atoms. The van der Waals surface area contributed by atoms with Crippen molar-refractivity contribution in [2.45, 2.75) is 32.7 Å². The average Bonchev–Trinajstić information content (AvgIpc) is 2.61. The topological polar surface area (TPSA) is 29.1 Å². The molecule has 0 aliphatic rings. The predicted molar refractivity (Wildman–Crippen MR) is 68.5 cm³/mol. The third kappa shape index (κ3) is 4.45. The molecule has 0 spiro atoms. The van der Waals surface area contributed by atoms with Gasteiger partial charge in [-0.25, -0.2) is 0 Å². The number of ketones is 1. The molecule has 1 atom stereocenters. The first kappa shape index (κ1) is 12.9. The zero-order valence-electron chi connectivity index (χ0n) is 9.05. The van der Waals surface area contributed by atoms with Crippen LogP contribution in [-0.4, -0.2) is 18.4 Å². The molecule has 1 aromatic rings. The van der Waals surface area contributed by atoms with E-state index in [1.807, 2.05) is 11.4 Å². The minimum atomic E-state index is 0.249. The van der Waals surface area contributed by atoms with Crippen LogP contribution in [0, 0.1) is 0 Å². The lowest BCUT2D eigenvalue weighted by Crippen LogP contribution is -2.31. The highest BCUT2D eigenvalue weighted by Crippen LogP contribution is 2.22. The van der Waals surface area contributed by atoms with Crippen molar-refractivity contribution in [2.75, 3.05) is 6.54 Å². The Labute approximate surface area is 103 Å². The molecule has 0 fully saturated rings. The van der Waals surface area contributed by atoms with Crippen LogP contribution < -0.4 is 5.32 Å². The van der Waals surface area contributed by atoms with Gasteiger partial charge in [0.2, 0.25) is 0 Å². The SMILES string of the molecule is CCC(C)NCC(=O)Cc1sccc1Br. The van der Waals surface area contributed by atoms with E-state index in [4.69, 9.17) is 0 Å². The summed E-state index contributed by atoms with van der Waals surface area (Å²) in [5.74, 6) is 0.249. The molecular formula is C11H16BrNOS. The number of carbonyl (C=O) groups excluding carboxylic acids is 1. The molecule has 1 N–H and O–H groups in total. The molecule has 1 aromatic heterocycles. The Morgan fingerprint density at radius 3 is 2.93 bits per heavy atom. The molecule has 0 saturated carbocycles. The highest BCUT2D eigenvalue weighted by atomic mass is 79.9. The maximum Gasteiger partial charge on any atom is 0.151 e. The van der Waals surface area contributed by atoms with Crippen LogP contribution >= 0.6 is 27.3 Å². The maximum atomic E-state index is 11.6. The number of thiophene rings is 1. The van der Waals surface area contributed by atoms with Gasteiger partial charge in [0.1, 0.15) is 0 Å². The van der Waals surface area contributed by atoms with Gasteiger partial charge >= 0.3 is 0 Å². The van der Waals surface area contributed by atoms with E-state index in [1.54, 1.807) is 11.3 Å². The van der Waals surface area contributed by atoms with Gasteiger partial charge in [-0.2, -0.15) is 0 Å². The average molecular weight is 290 g/mol. The lowest BCUT2D eigenvalue weighted by molar-refractivity contribution is -0.117. The summed E-state index contributed by atoms with van der Waals surface area (Å²) in [6.07, 6.45) is 1.58. The molecule has 4 heteroatoms. The summed E-state index contributed by atoms with van der Waals surface area (Å²) < 4.78 is 1.05. The van der Waals surface area contributed by atoms with Crippen LogP contribution in [0.4, 0.5) is 0 Å². The summed E-state index contributed by atoms with van der Waals surface area (Å²) >= 11 is 5.05.